The number of amides is 1. The van der Waals surface area contributed by atoms with E-state index < -0.39 is 0 Å². The molecular formula is C16H14FN3O2. The molecule has 0 aliphatic carbocycles. The van der Waals surface area contributed by atoms with Crippen molar-refractivity contribution in [3.05, 3.63) is 64.5 Å². The molecule has 0 saturated carbocycles. The number of hydrogen-bond acceptors (Lipinski definition) is 2. The molecule has 0 spiro atoms. The van der Waals surface area contributed by atoms with E-state index in [9.17, 15) is 14.0 Å². The second-order valence-corrected chi connectivity index (χ2v) is 5.06. The van der Waals surface area contributed by atoms with Crippen LogP contribution >= 0.6 is 0 Å². The fourth-order valence-corrected chi connectivity index (χ4v) is 2.30. The maximum Gasteiger partial charge on any atom is 0.257 e. The topological polar surface area (TPSA) is 66.9 Å². The SMILES string of the molecule is Cc1ccc(NC(=O)Cn2ccc3c(=O)[nH]ccc32)cc1F. The van der Waals surface area contributed by atoms with E-state index in [0.29, 0.717) is 22.2 Å². The van der Waals surface area contributed by atoms with Crippen molar-refractivity contribution >= 4 is 22.5 Å². The number of nitrogens with one attached hydrogen (secondary N) is 2. The summed E-state index contributed by atoms with van der Waals surface area (Å²) in [6, 6.07) is 7.93. The van der Waals surface area contributed by atoms with Gasteiger partial charge >= 0.3 is 0 Å². The number of carbonyl (C=O) groups excluding carboxylic acids is 1. The Bertz CT molecular complexity index is 911. The Morgan fingerprint density at radius 2 is 2.14 bits per heavy atom. The number of halogens is 1. The Morgan fingerprint density at radius 3 is 2.91 bits per heavy atom. The molecule has 2 aromatic heterocycles. The van der Waals surface area contributed by atoms with Crippen LogP contribution in [0, 0.1) is 12.7 Å². The van der Waals surface area contributed by atoms with Gasteiger partial charge in [0.25, 0.3) is 5.56 Å². The van der Waals surface area contributed by atoms with Gasteiger partial charge in [-0.25, -0.2) is 4.39 Å². The van der Waals surface area contributed by atoms with E-state index in [-0.39, 0.29) is 23.8 Å². The van der Waals surface area contributed by atoms with E-state index in [1.54, 1.807) is 42.0 Å². The molecule has 0 unspecified atom stereocenters. The van der Waals surface area contributed by atoms with Crippen LogP contribution in [0.1, 0.15) is 5.56 Å². The first kappa shape index (κ1) is 14.1. The molecule has 0 radical (unpaired) electrons. The number of aryl methyl sites for hydroxylation is 1. The average Bonchev–Trinajstić information content (AvgIpc) is 2.87. The van der Waals surface area contributed by atoms with Crippen molar-refractivity contribution in [1.82, 2.24) is 9.55 Å². The molecule has 3 rings (SSSR count). The minimum Gasteiger partial charge on any atom is -0.338 e. The van der Waals surface area contributed by atoms with Gasteiger partial charge in [0.1, 0.15) is 12.4 Å². The number of aromatic nitrogens is 2. The fraction of sp³-hybridized carbons (Fsp3) is 0.125. The molecule has 6 heteroatoms. The highest BCUT2D eigenvalue weighted by molar-refractivity contribution is 5.92. The molecule has 0 aliphatic rings. The number of hydrogen-bond donors (Lipinski definition) is 2. The molecule has 0 saturated heterocycles. The second-order valence-electron chi connectivity index (χ2n) is 5.06. The van der Waals surface area contributed by atoms with E-state index in [0.717, 1.165) is 0 Å². The van der Waals surface area contributed by atoms with Crippen molar-refractivity contribution in [2.24, 2.45) is 0 Å². The molecule has 0 bridgehead atoms. The molecule has 2 heterocycles. The molecule has 0 aliphatic heterocycles. The zero-order chi connectivity index (χ0) is 15.7. The Balaban J connectivity index is 1.80. The Labute approximate surface area is 125 Å². The van der Waals surface area contributed by atoms with Gasteiger partial charge in [0.15, 0.2) is 0 Å². The van der Waals surface area contributed by atoms with Crippen molar-refractivity contribution in [1.29, 1.82) is 0 Å². The van der Waals surface area contributed by atoms with Crippen molar-refractivity contribution in [3.63, 3.8) is 0 Å². The Hall–Kier alpha value is -2.89. The minimum absolute atomic E-state index is 0.0441. The van der Waals surface area contributed by atoms with Crippen molar-refractivity contribution in [2.45, 2.75) is 13.5 Å². The zero-order valence-electron chi connectivity index (χ0n) is 11.9. The first-order chi connectivity index (χ1) is 10.5. The summed E-state index contributed by atoms with van der Waals surface area (Å²) in [5.74, 6) is -0.656. The molecule has 1 amide bonds. The number of carbonyl (C=O) groups is 1. The lowest BCUT2D eigenvalue weighted by Crippen LogP contribution is -2.18. The summed E-state index contributed by atoms with van der Waals surface area (Å²) in [4.78, 5) is 26.3. The number of rotatable bonds is 3. The second kappa shape index (κ2) is 5.48. The highest BCUT2D eigenvalue weighted by Gasteiger charge is 2.09. The number of pyridine rings is 1. The third-order valence-electron chi connectivity index (χ3n) is 3.48. The Morgan fingerprint density at radius 1 is 1.32 bits per heavy atom. The number of benzene rings is 1. The number of fused-ring (bicyclic) bond motifs is 1. The summed E-state index contributed by atoms with van der Waals surface area (Å²) >= 11 is 0. The van der Waals surface area contributed by atoms with Crippen LogP contribution in [-0.2, 0) is 11.3 Å². The van der Waals surface area contributed by atoms with Crippen LogP contribution in [0.4, 0.5) is 10.1 Å². The summed E-state index contributed by atoms with van der Waals surface area (Å²) in [5.41, 5.74) is 1.40. The maximum atomic E-state index is 13.5. The van der Waals surface area contributed by atoms with Crippen LogP contribution < -0.4 is 10.9 Å². The zero-order valence-corrected chi connectivity index (χ0v) is 11.9. The van der Waals surface area contributed by atoms with Crippen molar-refractivity contribution < 1.29 is 9.18 Å². The van der Waals surface area contributed by atoms with Crippen LogP contribution in [-0.4, -0.2) is 15.5 Å². The van der Waals surface area contributed by atoms with Gasteiger partial charge in [-0.15, -0.1) is 0 Å². The van der Waals surface area contributed by atoms with Crippen LogP contribution in [0.2, 0.25) is 0 Å². The number of aromatic amines is 1. The smallest absolute Gasteiger partial charge is 0.257 e. The normalized spacial score (nSPS) is 10.8. The Kier molecular flexibility index (Phi) is 3.50. The molecule has 5 nitrogen and oxygen atoms in total. The van der Waals surface area contributed by atoms with Crippen molar-refractivity contribution in [3.8, 4) is 0 Å². The van der Waals surface area contributed by atoms with Crippen LogP contribution in [0.5, 0.6) is 0 Å². The third-order valence-corrected chi connectivity index (χ3v) is 3.48. The first-order valence-corrected chi connectivity index (χ1v) is 6.77. The van der Waals surface area contributed by atoms with E-state index in [4.69, 9.17) is 0 Å². The molecule has 3 aromatic rings. The lowest BCUT2D eigenvalue weighted by molar-refractivity contribution is -0.116. The van der Waals surface area contributed by atoms with E-state index in [1.807, 2.05) is 0 Å². The van der Waals surface area contributed by atoms with Crippen LogP contribution in [0.15, 0.2) is 47.5 Å². The first-order valence-electron chi connectivity index (χ1n) is 6.77. The van der Waals surface area contributed by atoms with Gasteiger partial charge in [-0.2, -0.15) is 0 Å². The molecule has 112 valence electrons. The van der Waals surface area contributed by atoms with Gasteiger partial charge in [-0.3, -0.25) is 9.59 Å². The van der Waals surface area contributed by atoms with E-state index in [1.165, 1.54) is 12.3 Å². The van der Waals surface area contributed by atoms with Crippen molar-refractivity contribution in [2.75, 3.05) is 5.32 Å². The van der Waals surface area contributed by atoms with Gasteiger partial charge in [-0.05, 0) is 36.8 Å². The largest absolute Gasteiger partial charge is 0.338 e. The summed E-state index contributed by atoms with van der Waals surface area (Å²) < 4.78 is 15.1. The van der Waals surface area contributed by atoms with E-state index >= 15 is 0 Å². The lowest BCUT2D eigenvalue weighted by Gasteiger charge is -2.08. The summed E-state index contributed by atoms with van der Waals surface area (Å²) in [5, 5.41) is 3.17. The van der Waals surface area contributed by atoms with Gasteiger partial charge in [0.2, 0.25) is 5.91 Å². The highest BCUT2D eigenvalue weighted by Crippen LogP contribution is 2.14. The van der Waals surface area contributed by atoms with Gasteiger partial charge in [0.05, 0.1) is 10.9 Å². The summed E-state index contributed by atoms with van der Waals surface area (Å²) in [7, 11) is 0. The van der Waals surface area contributed by atoms with Gasteiger partial charge < -0.3 is 14.9 Å². The van der Waals surface area contributed by atoms with Gasteiger partial charge in [-0.1, -0.05) is 6.07 Å². The third kappa shape index (κ3) is 2.63. The number of anilines is 1. The molecule has 0 atom stereocenters. The molecule has 22 heavy (non-hydrogen) atoms. The fourth-order valence-electron chi connectivity index (χ4n) is 2.30. The van der Waals surface area contributed by atoms with Crippen LogP contribution in [0.3, 0.4) is 0 Å². The predicted octanol–water partition coefficient (Wildman–Crippen LogP) is 2.42. The minimum atomic E-state index is -0.365. The average molecular weight is 299 g/mol. The predicted molar refractivity (Wildman–Crippen MR) is 82.3 cm³/mol. The summed E-state index contributed by atoms with van der Waals surface area (Å²) in [6.07, 6.45) is 3.21. The van der Waals surface area contributed by atoms with Gasteiger partial charge in [0, 0.05) is 18.1 Å². The lowest BCUT2D eigenvalue weighted by atomic mass is 10.2. The van der Waals surface area contributed by atoms with E-state index in [2.05, 4.69) is 10.3 Å². The summed E-state index contributed by atoms with van der Waals surface area (Å²) in [6.45, 7) is 1.70. The maximum absolute atomic E-state index is 13.5. The molecular weight excluding hydrogens is 285 g/mol. The van der Waals surface area contributed by atoms with Crippen LogP contribution in [0.25, 0.3) is 10.9 Å². The quantitative estimate of drug-likeness (QED) is 0.780. The standard InChI is InChI=1S/C16H14FN3O2/c1-10-2-3-11(8-13(10)17)19-15(21)9-20-7-5-12-14(20)4-6-18-16(12)22/h2-8H,9H2,1H3,(H,18,22)(H,19,21). The highest BCUT2D eigenvalue weighted by atomic mass is 19.1. The number of nitrogens with zero attached hydrogens (tertiary/aromatic N) is 1. The monoisotopic (exact) mass is 299 g/mol. The molecule has 0 fully saturated rings. The molecule has 1 aromatic carbocycles. The molecule has 2 N–H and O–H groups in total. The number of H-pyrrole nitrogens is 1.